The molecular formula is C24H29N5O4. The molecule has 0 aliphatic carbocycles. The molecule has 0 atom stereocenters. The molecule has 3 aromatic rings. The molecule has 174 valence electrons. The molecule has 2 heterocycles. The monoisotopic (exact) mass is 451 g/mol. The molecular weight excluding hydrogens is 422 g/mol. The Morgan fingerprint density at radius 3 is 2.52 bits per heavy atom. The number of ether oxygens (including phenoxy) is 3. The van der Waals surface area contributed by atoms with Crippen molar-refractivity contribution in [3.63, 3.8) is 0 Å². The lowest BCUT2D eigenvalue weighted by Crippen LogP contribution is -2.45. The minimum atomic E-state index is -0.326. The van der Waals surface area contributed by atoms with Crippen LogP contribution in [0.1, 0.15) is 18.4 Å². The van der Waals surface area contributed by atoms with E-state index in [1.54, 1.807) is 32.4 Å². The Kier molecular flexibility index (Phi) is 7.09. The summed E-state index contributed by atoms with van der Waals surface area (Å²) in [6.07, 6.45) is 1.72. The van der Waals surface area contributed by atoms with Crippen LogP contribution in [0.3, 0.4) is 0 Å². The Morgan fingerprint density at radius 1 is 1.00 bits per heavy atom. The smallest absolute Gasteiger partial charge is 0.320 e. The summed E-state index contributed by atoms with van der Waals surface area (Å²) in [6, 6.07) is 13.2. The number of aromatic nitrogens is 2. The van der Waals surface area contributed by atoms with E-state index in [2.05, 4.69) is 31.6 Å². The average molecular weight is 452 g/mol. The van der Waals surface area contributed by atoms with Gasteiger partial charge in [-0.15, -0.1) is 0 Å². The highest BCUT2D eigenvalue weighted by Crippen LogP contribution is 2.26. The van der Waals surface area contributed by atoms with E-state index >= 15 is 0 Å². The number of fused-ring (bicyclic) bond motifs is 1. The zero-order chi connectivity index (χ0) is 23.2. The molecule has 1 saturated heterocycles. The zero-order valence-electron chi connectivity index (χ0n) is 19.1. The van der Waals surface area contributed by atoms with Gasteiger partial charge in [0.25, 0.3) is 5.88 Å². The summed E-state index contributed by atoms with van der Waals surface area (Å²) in [7, 11) is 4.78. The van der Waals surface area contributed by atoms with Crippen molar-refractivity contribution in [1.29, 1.82) is 0 Å². The largest absolute Gasteiger partial charge is 0.497 e. The number of nitrogens with one attached hydrogen (secondary N) is 2. The maximum absolute atomic E-state index is 12.7. The van der Waals surface area contributed by atoms with E-state index in [0.717, 1.165) is 38.2 Å². The first-order valence-corrected chi connectivity index (χ1v) is 10.9. The fourth-order valence-corrected chi connectivity index (χ4v) is 4.01. The van der Waals surface area contributed by atoms with Crippen LogP contribution in [0.15, 0.2) is 42.5 Å². The third-order valence-electron chi connectivity index (χ3n) is 5.77. The van der Waals surface area contributed by atoms with Crippen LogP contribution in [0, 0.1) is 0 Å². The van der Waals surface area contributed by atoms with E-state index in [1.807, 2.05) is 18.2 Å². The van der Waals surface area contributed by atoms with Gasteiger partial charge in [-0.2, -0.15) is 0 Å². The van der Waals surface area contributed by atoms with Crippen LogP contribution < -0.4 is 24.8 Å². The lowest BCUT2D eigenvalue weighted by molar-refractivity contribution is 0.188. The molecule has 9 heteroatoms. The molecule has 1 aliphatic rings. The van der Waals surface area contributed by atoms with Gasteiger partial charge in [0.1, 0.15) is 11.5 Å². The van der Waals surface area contributed by atoms with Gasteiger partial charge in [-0.05, 0) is 31.0 Å². The number of amides is 2. The number of carbonyl (C=O) groups excluding carboxylic acids is 1. The Hall–Kier alpha value is -3.59. The molecule has 1 aromatic heterocycles. The summed E-state index contributed by atoms with van der Waals surface area (Å²) < 4.78 is 16.0. The predicted molar refractivity (Wildman–Crippen MR) is 126 cm³/mol. The maximum atomic E-state index is 12.7. The molecule has 0 saturated carbocycles. The first kappa shape index (κ1) is 22.6. The first-order chi connectivity index (χ1) is 16.1. The van der Waals surface area contributed by atoms with Crippen molar-refractivity contribution in [3.8, 4) is 17.4 Å². The van der Waals surface area contributed by atoms with E-state index in [1.165, 1.54) is 12.7 Å². The first-order valence-electron chi connectivity index (χ1n) is 10.9. The lowest BCUT2D eigenvalue weighted by atomic mass is 10.0. The van der Waals surface area contributed by atoms with Crippen molar-refractivity contribution in [2.75, 3.05) is 39.7 Å². The summed E-state index contributed by atoms with van der Waals surface area (Å²) >= 11 is 0. The predicted octanol–water partition coefficient (Wildman–Crippen LogP) is 3.44. The summed E-state index contributed by atoms with van der Waals surface area (Å²) in [6.45, 7) is 2.61. The highest BCUT2D eigenvalue weighted by atomic mass is 16.5. The van der Waals surface area contributed by atoms with E-state index in [0.29, 0.717) is 16.8 Å². The fourth-order valence-electron chi connectivity index (χ4n) is 4.01. The van der Waals surface area contributed by atoms with Gasteiger partial charge in [0.05, 0.1) is 32.4 Å². The second kappa shape index (κ2) is 10.4. The SMILES string of the molecule is COc1ccc2nc(OC)c(NC(=O)NC3CCN(Cc4ccccc4OC)CC3)nc2c1. The number of nitrogens with zero attached hydrogens (tertiary/aromatic N) is 3. The summed E-state index contributed by atoms with van der Waals surface area (Å²) in [5, 5.41) is 5.83. The number of likely N-dealkylation sites (tertiary alicyclic amines) is 1. The highest BCUT2D eigenvalue weighted by Gasteiger charge is 2.22. The summed E-state index contributed by atoms with van der Waals surface area (Å²) in [4.78, 5) is 24.0. The Morgan fingerprint density at radius 2 is 1.79 bits per heavy atom. The van der Waals surface area contributed by atoms with Crippen LogP contribution in [0.4, 0.5) is 10.6 Å². The zero-order valence-corrected chi connectivity index (χ0v) is 19.1. The number of rotatable bonds is 7. The summed E-state index contributed by atoms with van der Waals surface area (Å²) in [5.74, 6) is 2.09. The van der Waals surface area contributed by atoms with Crippen LogP contribution in [0.5, 0.6) is 17.4 Å². The van der Waals surface area contributed by atoms with Gasteiger partial charge < -0.3 is 19.5 Å². The van der Waals surface area contributed by atoms with Gasteiger partial charge in [0.15, 0.2) is 5.82 Å². The second-order valence-electron chi connectivity index (χ2n) is 7.90. The van der Waals surface area contributed by atoms with Crippen molar-refractivity contribution in [3.05, 3.63) is 48.0 Å². The van der Waals surface area contributed by atoms with Gasteiger partial charge in [-0.3, -0.25) is 10.2 Å². The van der Waals surface area contributed by atoms with Crippen molar-refractivity contribution < 1.29 is 19.0 Å². The topological polar surface area (TPSA) is 97.8 Å². The minimum Gasteiger partial charge on any atom is -0.497 e. The maximum Gasteiger partial charge on any atom is 0.320 e. The van der Waals surface area contributed by atoms with Gasteiger partial charge in [-0.1, -0.05) is 18.2 Å². The molecule has 33 heavy (non-hydrogen) atoms. The van der Waals surface area contributed by atoms with Crippen molar-refractivity contribution in [2.45, 2.75) is 25.4 Å². The molecule has 0 unspecified atom stereocenters. The van der Waals surface area contributed by atoms with Gasteiger partial charge >= 0.3 is 6.03 Å². The van der Waals surface area contributed by atoms with Crippen LogP contribution >= 0.6 is 0 Å². The third kappa shape index (κ3) is 5.43. The molecule has 1 aliphatic heterocycles. The van der Waals surface area contributed by atoms with Crippen molar-refractivity contribution in [2.24, 2.45) is 0 Å². The molecule has 2 amide bonds. The number of hydrogen-bond acceptors (Lipinski definition) is 7. The fraction of sp³-hybridized carbons (Fsp3) is 0.375. The number of anilines is 1. The standard InChI is InChI=1S/C24H29N5O4/c1-31-18-8-9-19-20(14-18)26-22(23(27-19)33-3)28-24(30)25-17-10-12-29(13-11-17)15-16-6-4-5-7-21(16)32-2/h4-9,14,17H,10-13,15H2,1-3H3,(H2,25,26,28,30). The van der Waals surface area contributed by atoms with E-state index in [9.17, 15) is 4.79 Å². The van der Waals surface area contributed by atoms with Gasteiger partial charge in [-0.25, -0.2) is 14.8 Å². The number of piperidine rings is 1. The molecule has 1 fully saturated rings. The number of para-hydroxylation sites is 1. The van der Waals surface area contributed by atoms with Gasteiger partial charge in [0.2, 0.25) is 0 Å². The second-order valence-corrected chi connectivity index (χ2v) is 7.90. The number of hydrogen-bond donors (Lipinski definition) is 2. The molecule has 4 rings (SSSR count). The number of carbonyl (C=O) groups is 1. The van der Waals surface area contributed by atoms with Crippen molar-refractivity contribution in [1.82, 2.24) is 20.2 Å². The molecule has 2 N–H and O–H groups in total. The molecule has 0 radical (unpaired) electrons. The van der Waals surface area contributed by atoms with E-state index < -0.39 is 0 Å². The Bertz CT molecular complexity index is 1120. The van der Waals surface area contributed by atoms with Crippen LogP contribution in [0.2, 0.25) is 0 Å². The van der Waals surface area contributed by atoms with Crippen LogP contribution in [-0.2, 0) is 6.54 Å². The third-order valence-corrected chi connectivity index (χ3v) is 5.77. The minimum absolute atomic E-state index is 0.0819. The molecule has 0 bridgehead atoms. The van der Waals surface area contributed by atoms with E-state index in [4.69, 9.17) is 14.2 Å². The Balaban J connectivity index is 1.34. The Labute approximate surface area is 193 Å². The normalized spacial score (nSPS) is 14.6. The summed E-state index contributed by atoms with van der Waals surface area (Å²) in [5.41, 5.74) is 2.43. The van der Waals surface area contributed by atoms with Crippen LogP contribution in [0.25, 0.3) is 11.0 Å². The highest BCUT2D eigenvalue weighted by molar-refractivity contribution is 5.91. The quantitative estimate of drug-likeness (QED) is 0.568. The number of benzene rings is 2. The molecule has 2 aromatic carbocycles. The molecule has 0 spiro atoms. The van der Waals surface area contributed by atoms with Gasteiger partial charge in [0, 0.05) is 37.3 Å². The number of urea groups is 1. The van der Waals surface area contributed by atoms with Crippen molar-refractivity contribution >= 4 is 22.9 Å². The van der Waals surface area contributed by atoms with Crippen LogP contribution in [-0.4, -0.2) is 61.4 Å². The molecule has 9 nitrogen and oxygen atoms in total. The lowest BCUT2D eigenvalue weighted by Gasteiger charge is -2.32. The number of methoxy groups -OCH3 is 3. The average Bonchev–Trinajstić information content (AvgIpc) is 2.84. The van der Waals surface area contributed by atoms with E-state index in [-0.39, 0.29) is 23.8 Å².